The number of aryl methyl sites for hydroxylation is 1. The molecule has 0 fully saturated rings. The normalized spacial score (nSPS) is 12.0. The van der Waals surface area contributed by atoms with Gasteiger partial charge in [-0.2, -0.15) is 0 Å². The van der Waals surface area contributed by atoms with E-state index in [-0.39, 0.29) is 30.3 Å². The van der Waals surface area contributed by atoms with E-state index in [9.17, 15) is 14.4 Å². The third-order valence-electron chi connectivity index (χ3n) is 5.66. The molecule has 8 heteroatoms. The Morgan fingerprint density at radius 2 is 1.79 bits per heavy atom. The van der Waals surface area contributed by atoms with Crippen molar-refractivity contribution in [2.75, 3.05) is 11.9 Å². The standard InChI is InChI=1S/C25H30N4O4/c1-4-10-22(30)28(3)21-16-15-18-24(27-21)29(20(5-2)17-11-7-6-8-12-17)25(33)19(26-18)13-9-14-23(31)32/h6-8,11-12,15-16,20H,4-5,9-10,13-14H2,1-3H3,(H,31,32)/t20-/m0/s1. The summed E-state index contributed by atoms with van der Waals surface area (Å²) < 4.78 is 1.65. The van der Waals surface area contributed by atoms with Gasteiger partial charge in [0.25, 0.3) is 5.56 Å². The number of rotatable bonds is 10. The van der Waals surface area contributed by atoms with Crippen LogP contribution in [0, 0.1) is 0 Å². The molecule has 2 heterocycles. The smallest absolute Gasteiger partial charge is 0.303 e. The van der Waals surface area contributed by atoms with Gasteiger partial charge in [-0.25, -0.2) is 9.97 Å². The van der Waals surface area contributed by atoms with Crippen LogP contribution in [0.1, 0.15) is 63.3 Å². The van der Waals surface area contributed by atoms with Crippen LogP contribution in [-0.4, -0.2) is 38.6 Å². The van der Waals surface area contributed by atoms with Crippen molar-refractivity contribution in [3.63, 3.8) is 0 Å². The zero-order valence-electron chi connectivity index (χ0n) is 19.3. The Labute approximate surface area is 192 Å². The monoisotopic (exact) mass is 450 g/mol. The molecule has 1 N–H and O–H groups in total. The fraction of sp³-hybridized carbons (Fsp3) is 0.400. The molecule has 0 aliphatic carbocycles. The zero-order valence-corrected chi connectivity index (χ0v) is 19.3. The second-order valence-corrected chi connectivity index (χ2v) is 8.03. The molecule has 174 valence electrons. The van der Waals surface area contributed by atoms with Crippen molar-refractivity contribution in [1.82, 2.24) is 14.5 Å². The van der Waals surface area contributed by atoms with Gasteiger partial charge in [0, 0.05) is 19.9 Å². The van der Waals surface area contributed by atoms with Crippen molar-refractivity contribution in [3.8, 4) is 0 Å². The van der Waals surface area contributed by atoms with Gasteiger partial charge in [-0.05, 0) is 43.4 Å². The van der Waals surface area contributed by atoms with Gasteiger partial charge in [-0.1, -0.05) is 44.2 Å². The van der Waals surface area contributed by atoms with Crippen LogP contribution in [0.15, 0.2) is 47.3 Å². The Kier molecular flexibility index (Phi) is 7.92. The molecule has 1 amide bonds. The number of aliphatic carboxylic acids is 1. The molecule has 3 aromatic rings. The number of fused-ring (bicyclic) bond motifs is 1. The first-order valence-electron chi connectivity index (χ1n) is 11.3. The van der Waals surface area contributed by atoms with E-state index in [1.54, 1.807) is 23.7 Å². The minimum atomic E-state index is -0.905. The highest BCUT2D eigenvalue weighted by atomic mass is 16.4. The number of amides is 1. The number of hydrogen-bond donors (Lipinski definition) is 1. The van der Waals surface area contributed by atoms with Crippen molar-refractivity contribution in [3.05, 3.63) is 64.1 Å². The molecule has 3 rings (SSSR count). The summed E-state index contributed by atoms with van der Waals surface area (Å²) in [7, 11) is 1.68. The molecule has 1 atom stereocenters. The quantitative estimate of drug-likeness (QED) is 0.501. The van der Waals surface area contributed by atoms with Crippen molar-refractivity contribution in [2.45, 2.75) is 58.4 Å². The molecule has 0 aliphatic rings. The minimum Gasteiger partial charge on any atom is -0.481 e. The van der Waals surface area contributed by atoms with Crippen LogP contribution >= 0.6 is 0 Å². The highest BCUT2D eigenvalue weighted by Gasteiger charge is 2.22. The maximum absolute atomic E-state index is 13.6. The number of aromatic nitrogens is 3. The van der Waals surface area contributed by atoms with Crippen molar-refractivity contribution in [1.29, 1.82) is 0 Å². The lowest BCUT2D eigenvalue weighted by atomic mass is 10.0. The zero-order chi connectivity index (χ0) is 24.0. The molecule has 0 saturated carbocycles. The Balaban J connectivity index is 2.19. The summed E-state index contributed by atoms with van der Waals surface area (Å²) in [5.74, 6) is -0.498. The van der Waals surface area contributed by atoms with Gasteiger partial charge in [-0.15, -0.1) is 0 Å². The summed E-state index contributed by atoms with van der Waals surface area (Å²) in [6, 6.07) is 12.9. The minimum absolute atomic E-state index is 0.0312. The molecule has 0 unspecified atom stereocenters. The Morgan fingerprint density at radius 1 is 1.06 bits per heavy atom. The molecule has 8 nitrogen and oxygen atoms in total. The van der Waals surface area contributed by atoms with E-state index in [4.69, 9.17) is 10.1 Å². The lowest BCUT2D eigenvalue weighted by Gasteiger charge is -2.23. The molecule has 33 heavy (non-hydrogen) atoms. The fourth-order valence-electron chi connectivity index (χ4n) is 3.92. The second kappa shape index (κ2) is 10.8. The van der Waals surface area contributed by atoms with Crippen LogP contribution in [-0.2, 0) is 16.0 Å². The predicted octanol–water partition coefficient (Wildman–Crippen LogP) is 3.96. The average Bonchev–Trinajstić information content (AvgIpc) is 2.81. The Morgan fingerprint density at radius 3 is 2.42 bits per heavy atom. The number of benzene rings is 1. The number of carboxylic acid groups (broad SMARTS) is 1. The first kappa shape index (κ1) is 24.1. The summed E-state index contributed by atoms with van der Waals surface area (Å²) in [6.07, 6.45) is 2.35. The van der Waals surface area contributed by atoms with Crippen LogP contribution in [0.2, 0.25) is 0 Å². The molecule has 0 saturated heterocycles. The second-order valence-electron chi connectivity index (χ2n) is 8.03. The number of carboxylic acids is 1. The number of carbonyl (C=O) groups excluding carboxylic acids is 1. The lowest BCUT2D eigenvalue weighted by molar-refractivity contribution is -0.137. The van der Waals surface area contributed by atoms with E-state index < -0.39 is 5.97 Å². The fourth-order valence-corrected chi connectivity index (χ4v) is 3.92. The average molecular weight is 451 g/mol. The topological polar surface area (TPSA) is 105 Å². The summed E-state index contributed by atoms with van der Waals surface area (Å²) in [6.45, 7) is 3.94. The van der Waals surface area contributed by atoms with Gasteiger partial charge < -0.3 is 5.11 Å². The van der Waals surface area contributed by atoms with Gasteiger partial charge >= 0.3 is 5.97 Å². The Hall–Kier alpha value is -3.55. The van der Waals surface area contributed by atoms with Gasteiger partial charge in [0.1, 0.15) is 17.0 Å². The van der Waals surface area contributed by atoms with E-state index >= 15 is 0 Å². The van der Waals surface area contributed by atoms with E-state index in [1.165, 1.54) is 4.90 Å². The lowest BCUT2D eigenvalue weighted by Crippen LogP contribution is -2.31. The third-order valence-corrected chi connectivity index (χ3v) is 5.66. The van der Waals surface area contributed by atoms with Crippen LogP contribution in [0.25, 0.3) is 11.2 Å². The highest BCUT2D eigenvalue weighted by molar-refractivity contribution is 5.92. The summed E-state index contributed by atoms with van der Waals surface area (Å²) in [5, 5.41) is 8.98. The predicted molar refractivity (Wildman–Crippen MR) is 128 cm³/mol. The summed E-state index contributed by atoms with van der Waals surface area (Å²) in [4.78, 5) is 47.7. The molecule has 0 radical (unpaired) electrons. The van der Waals surface area contributed by atoms with Gasteiger partial charge in [0.05, 0.1) is 6.04 Å². The molecule has 2 aromatic heterocycles. The molecule has 1 aromatic carbocycles. The van der Waals surface area contributed by atoms with Crippen LogP contribution < -0.4 is 10.5 Å². The largest absolute Gasteiger partial charge is 0.481 e. The molecule has 0 aliphatic heterocycles. The molecular formula is C25H30N4O4. The van der Waals surface area contributed by atoms with Crippen molar-refractivity contribution >= 4 is 28.9 Å². The number of nitrogens with zero attached hydrogens (tertiary/aromatic N) is 4. The van der Waals surface area contributed by atoms with Crippen molar-refractivity contribution < 1.29 is 14.7 Å². The molecular weight excluding hydrogens is 420 g/mol. The molecule has 0 spiro atoms. The van der Waals surface area contributed by atoms with Crippen LogP contribution in [0.4, 0.5) is 5.82 Å². The van der Waals surface area contributed by atoms with E-state index in [2.05, 4.69) is 4.98 Å². The van der Waals surface area contributed by atoms with Crippen LogP contribution in [0.3, 0.4) is 0 Å². The number of hydrogen-bond acceptors (Lipinski definition) is 5. The van der Waals surface area contributed by atoms with Gasteiger partial charge in [0.15, 0.2) is 5.65 Å². The van der Waals surface area contributed by atoms with E-state index in [0.29, 0.717) is 41.9 Å². The maximum Gasteiger partial charge on any atom is 0.303 e. The number of anilines is 1. The third kappa shape index (κ3) is 5.45. The van der Waals surface area contributed by atoms with E-state index in [1.807, 2.05) is 44.2 Å². The highest BCUT2D eigenvalue weighted by Crippen LogP contribution is 2.25. The summed E-state index contributed by atoms with van der Waals surface area (Å²) >= 11 is 0. The van der Waals surface area contributed by atoms with Crippen molar-refractivity contribution in [2.24, 2.45) is 0 Å². The number of carbonyl (C=O) groups is 2. The first-order chi connectivity index (χ1) is 15.9. The van der Waals surface area contributed by atoms with Crippen LogP contribution in [0.5, 0.6) is 0 Å². The first-order valence-corrected chi connectivity index (χ1v) is 11.3. The maximum atomic E-state index is 13.6. The van der Waals surface area contributed by atoms with Gasteiger partial charge in [0.2, 0.25) is 5.91 Å². The SMILES string of the molecule is CCCC(=O)N(C)c1ccc2nc(CCCC(=O)O)c(=O)n([C@@H](CC)c3ccccc3)c2n1. The van der Waals surface area contributed by atoms with E-state index in [0.717, 1.165) is 12.0 Å². The van der Waals surface area contributed by atoms with Gasteiger partial charge in [-0.3, -0.25) is 23.9 Å². The molecule has 0 bridgehead atoms. The Bertz CT molecular complexity index is 1190. The number of pyridine rings is 1. The summed E-state index contributed by atoms with van der Waals surface area (Å²) in [5.41, 5.74) is 1.95.